The first kappa shape index (κ1) is 117. The van der Waals surface area contributed by atoms with Gasteiger partial charge in [-0.05, 0) is 0 Å². The molecule has 204 valence electrons. The second kappa shape index (κ2) is 110. The van der Waals surface area contributed by atoms with Gasteiger partial charge in [0, 0.05) is 0 Å². The molecule has 0 heterocycles. The van der Waals surface area contributed by atoms with Crippen LogP contribution in [0.2, 0.25) is 0 Å². The van der Waals surface area contributed by atoms with Gasteiger partial charge in [0.1, 0.15) is 0 Å². The Morgan fingerprint density at radius 3 is 0.222 bits per heavy atom. The molecule has 0 saturated heterocycles. The summed E-state index contributed by atoms with van der Waals surface area (Å²) in [5, 5.41) is 0. The van der Waals surface area contributed by atoms with Crippen LogP contribution < -0.4 is 331 Å². The van der Waals surface area contributed by atoms with E-state index in [1.807, 2.05) is 0 Å². The number of halogens is 6. The summed E-state index contributed by atoms with van der Waals surface area (Å²) in [5.74, 6) is 0. The van der Waals surface area contributed by atoms with Crippen LogP contribution in [0, 0.1) is 0 Å². The molecule has 0 aromatic heterocycles. The van der Waals surface area contributed by atoms with Gasteiger partial charge in [0.05, 0.1) is 0 Å². The summed E-state index contributed by atoms with van der Waals surface area (Å²) in [6.07, 6.45) is 0. The second-order valence-corrected chi connectivity index (χ2v) is 9.28. The Bertz CT molecular complexity index is 510. The van der Waals surface area contributed by atoms with Crippen molar-refractivity contribution in [1.82, 2.24) is 0 Å². The summed E-state index contributed by atoms with van der Waals surface area (Å²) < 4.78 is 155. The SMILES string of the molecule is I.I.I.I.I.I.[K+].[K+].[K+].[K+].[K+].[K+].[O]=[Re](=[O])[O-].[O]=[Re](=[O])[O-].[O]=[Re](=[O])[O-].[O]=[Re](=[O])[O-].[O]=[Re](=[O])[O-].[O]=[Re](=[O])[O-]. The van der Waals surface area contributed by atoms with Crippen LogP contribution in [0.4, 0.5) is 0 Å². The van der Waals surface area contributed by atoms with Crippen molar-refractivity contribution < 1.29 is 475 Å². The van der Waals surface area contributed by atoms with Crippen LogP contribution in [0.1, 0.15) is 0 Å². The summed E-state index contributed by atoms with van der Waals surface area (Å²) in [6.45, 7) is 0. The van der Waals surface area contributed by atoms with E-state index in [0.29, 0.717) is 0 Å². The standard InChI is InChI=1S/6HI.6K.18O.6Re/h6*1H;;;;;;;;;;;;;;;;;;;;;;;;;;;;;;/q;;;;;;6*+1;;;;;;;;;;;;;6*-1;;;;;;. The Morgan fingerprint density at radius 2 is 0.222 bits per heavy atom. The van der Waals surface area contributed by atoms with Crippen molar-refractivity contribution in [2.75, 3.05) is 0 Å². The normalized spacial score (nSPS) is 5.67. The summed E-state index contributed by atoms with van der Waals surface area (Å²) in [6, 6.07) is 0. The van der Waals surface area contributed by atoms with Crippen LogP contribution >= 0.6 is 144 Å². The van der Waals surface area contributed by atoms with Crippen LogP contribution in [0.25, 0.3) is 0 Å². The van der Waals surface area contributed by atoms with Gasteiger partial charge in [-0.2, -0.15) is 0 Å². The first-order valence-electron chi connectivity index (χ1n) is 2.78. The fourth-order valence-electron chi connectivity index (χ4n) is 0. The molecular formula is H6I6K6O18Re6. The summed E-state index contributed by atoms with van der Waals surface area (Å²) >= 11 is -25.3. The molecule has 18 nitrogen and oxygen atoms in total. The van der Waals surface area contributed by atoms with E-state index < -0.39 is 102 Å². The fraction of sp³-hybridized carbons (Fsp3) is 0. The van der Waals surface area contributed by atoms with Crippen LogP contribution in [0.15, 0.2) is 0 Å². The van der Waals surface area contributed by atoms with Gasteiger partial charge in [0.2, 0.25) is 0 Å². The molecule has 0 saturated carbocycles. The van der Waals surface area contributed by atoms with Gasteiger partial charge in [0.25, 0.3) is 0 Å². The number of hydrogen-bond acceptors (Lipinski definition) is 18. The Balaban J connectivity index is -0.00000000633. The summed E-state index contributed by atoms with van der Waals surface area (Å²) in [4.78, 5) is 0. The minimum absolute atomic E-state index is 0. The molecule has 0 bridgehead atoms. The van der Waals surface area contributed by atoms with E-state index in [1.165, 1.54) is 0 Å². The van der Waals surface area contributed by atoms with Gasteiger partial charge < -0.3 is 0 Å². The minimum atomic E-state index is -4.21. The van der Waals surface area contributed by atoms with Crippen LogP contribution in [0.3, 0.4) is 0 Å². The Kier molecular flexibility index (Phi) is 358. The zero-order valence-electron chi connectivity index (χ0n) is 18.1. The average molecular weight is 2410 g/mol. The molecule has 0 amide bonds. The fourth-order valence-corrected chi connectivity index (χ4v) is 0. The molecule has 0 aromatic carbocycles. The van der Waals surface area contributed by atoms with Gasteiger partial charge in [-0.1, -0.05) is 0 Å². The van der Waals surface area contributed by atoms with Crippen molar-refractivity contribution >= 4 is 144 Å². The van der Waals surface area contributed by atoms with Crippen molar-refractivity contribution in [3.8, 4) is 0 Å². The third kappa shape index (κ3) is 484. The molecule has 36 heteroatoms. The Labute approximate surface area is 597 Å². The predicted molar refractivity (Wildman–Crippen MR) is 101 cm³/mol. The zero-order valence-corrected chi connectivity index (χ0v) is 67.1. The summed E-state index contributed by atoms with van der Waals surface area (Å²) in [5.41, 5.74) is 0. The molecule has 0 unspecified atom stereocenters. The summed E-state index contributed by atoms with van der Waals surface area (Å²) in [7, 11) is 0. The molecule has 0 fully saturated rings. The van der Waals surface area contributed by atoms with Gasteiger partial charge in [0.15, 0.2) is 0 Å². The third-order valence-electron chi connectivity index (χ3n) is 0. The molecule has 0 N–H and O–H groups in total. The van der Waals surface area contributed by atoms with E-state index in [4.69, 9.17) is 64.6 Å². The van der Waals surface area contributed by atoms with Crippen molar-refractivity contribution in [2.24, 2.45) is 0 Å². The van der Waals surface area contributed by atoms with E-state index in [0.717, 1.165) is 0 Å². The first-order chi connectivity index (χ1) is 10.4. The molecule has 0 aliphatic heterocycles. The third-order valence-corrected chi connectivity index (χ3v) is 0. The van der Waals surface area contributed by atoms with E-state index >= 15 is 0 Å². The van der Waals surface area contributed by atoms with Gasteiger partial charge in [-0.15, -0.1) is 144 Å². The van der Waals surface area contributed by atoms with Crippen molar-refractivity contribution in [3.63, 3.8) is 0 Å². The van der Waals surface area contributed by atoms with Crippen LogP contribution in [0.5, 0.6) is 0 Å². The van der Waals surface area contributed by atoms with Gasteiger partial charge in [-0.3, -0.25) is 0 Å². The molecule has 0 rings (SSSR count). The van der Waals surface area contributed by atoms with Crippen LogP contribution in [-0.4, -0.2) is 0 Å². The van der Waals surface area contributed by atoms with E-state index in [-0.39, 0.29) is 452 Å². The van der Waals surface area contributed by atoms with E-state index in [1.54, 1.807) is 0 Å². The maximum atomic E-state index is 8.60. The number of hydrogen-bond donors (Lipinski definition) is 0. The van der Waals surface area contributed by atoms with Crippen LogP contribution in [-0.2, 0) is 144 Å². The Hall–Kier alpha value is 15.5. The monoisotopic (exact) mass is 2410 g/mol. The molecular weight excluding hydrogens is 2400 g/mol. The quantitative estimate of drug-likeness (QED) is 0.161. The number of rotatable bonds is 0. The van der Waals surface area contributed by atoms with Gasteiger partial charge >= 0.3 is 475 Å². The van der Waals surface area contributed by atoms with Crippen molar-refractivity contribution in [3.05, 3.63) is 0 Å². The average Bonchev–Trinajstić information content (AvgIpc) is 2.08. The van der Waals surface area contributed by atoms with Crippen molar-refractivity contribution in [1.29, 1.82) is 0 Å². The van der Waals surface area contributed by atoms with Crippen molar-refractivity contribution in [2.45, 2.75) is 0 Å². The van der Waals surface area contributed by atoms with Gasteiger partial charge in [-0.25, -0.2) is 0 Å². The zero-order chi connectivity index (χ0) is 21.5. The molecule has 0 aliphatic carbocycles. The topological polar surface area (TPSA) is 343 Å². The van der Waals surface area contributed by atoms with E-state index in [9.17, 15) is 0 Å². The molecule has 0 spiro atoms. The second-order valence-electron chi connectivity index (χ2n) is 1.13. The molecule has 36 heavy (non-hydrogen) atoms. The molecule has 0 aromatic rings. The first-order valence-corrected chi connectivity index (χ1v) is 22.7. The Morgan fingerprint density at radius 1 is 0.222 bits per heavy atom. The predicted octanol–water partition coefficient (Wildman–Crippen LogP) is -22.8. The molecule has 0 atom stereocenters. The molecule has 0 aliphatic rings. The maximum absolute atomic E-state index is 8.60. The molecule has 0 radical (unpaired) electrons. The van der Waals surface area contributed by atoms with E-state index in [2.05, 4.69) is 0 Å².